The van der Waals surface area contributed by atoms with E-state index in [2.05, 4.69) is 25.5 Å². The van der Waals surface area contributed by atoms with Crippen LogP contribution in [-0.2, 0) is 13.5 Å². The second kappa shape index (κ2) is 4.77. The van der Waals surface area contributed by atoms with E-state index in [-0.39, 0.29) is 0 Å². The summed E-state index contributed by atoms with van der Waals surface area (Å²) in [6.07, 6.45) is 2.46. The fourth-order valence-electron chi connectivity index (χ4n) is 1.52. The van der Waals surface area contributed by atoms with Crippen molar-refractivity contribution in [1.82, 2.24) is 24.7 Å². The standard InChI is InChI=1S/C10H15N7/c1-7-14-8(11)5-9(15-7)12-4-3-10-16-13-6-17(10)2/h5-6H,3-4H2,1-2H3,(H3,11,12,14,15). The van der Waals surface area contributed by atoms with Gasteiger partial charge in [0, 0.05) is 26.1 Å². The third-order valence-corrected chi connectivity index (χ3v) is 2.32. The summed E-state index contributed by atoms with van der Waals surface area (Å²) in [5.74, 6) is 2.79. The highest BCUT2D eigenvalue weighted by Crippen LogP contribution is 2.07. The Morgan fingerprint density at radius 1 is 1.41 bits per heavy atom. The van der Waals surface area contributed by atoms with Gasteiger partial charge in [-0.25, -0.2) is 9.97 Å². The quantitative estimate of drug-likeness (QED) is 0.780. The van der Waals surface area contributed by atoms with E-state index in [1.54, 1.807) is 12.4 Å². The molecule has 0 radical (unpaired) electrons. The number of nitrogens with zero attached hydrogens (tertiary/aromatic N) is 5. The van der Waals surface area contributed by atoms with Crippen LogP contribution in [0, 0.1) is 6.92 Å². The van der Waals surface area contributed by atoms with Gasteiger partial charge < -0.3 is 15.6 Å². The molecular weight excluding hydrogens is 218 g/mol. The molecule has 3 N–H and O–H groups in total. The normalized spacial score (nSPS) is 10.5. The summed E-state index contributed by atoms with van der Waals surface area (Å²) < 4.78 is 1.89. The molecule has 90 valence electrons. The number of nitrogen functional groups attached to an aromatic ring is 1. The van der Waals surface area contributed by atoms with Crippen LogP contribution in [0.5, 0.6) is 0 Å². The maximum Gasteiger partial charge on any atom is 0.134 e. The minimum absolute atomic E-state index is 0.471. The van der Waals surface area contributed by atoms with Gasteiger partial charge in [-0.1, -0.05) is 0 Å². The molecule has 0 unspecified atom stereocenters. The molecule has 0 saturated heterocycles. The molecule has 7 nitrogen and oxygen atoms in total. The number of hydrogen-bond acceptors (Lipinski definition) is 6. The molecule has 2 heterocycles. The average Bonchev–Trinajstić information content (AvgIpc) is 2.63. The summed E-state index contributed by atoms with van der Waals surface area (Å²) in [6, 6.07) is 1.71. The maximum atomic E-state index is 5.63. The predicted octanol–water partition coefficient (Wildman–Crippen LogP) is 0.150. The van der Waals surface area contributed by atoms with Crippen molar-refractivity contribution in [3.63, 3.8) is 0 Å². The van der Waals surface area contributed by atoms with Crippen molar-refractivity contribution in [3.8, 4) is 0 Å². The van der Waals surface area contributed by atoms with E-state index >= 15 is 0 Å². The number of aromatic nitrogens is 5. The van der Waals surface area contributed by atoms with Gasteiger partial charge in [-0.05, 0) is 6.92 Å². The van der Waals surface area contributed by atoms with Crippen LogP contribution in [0.2, 0.25) is 0 Å². The first-order valence-electron chi connectivity index (χ1n) is 5.33. The van der Waals surface area contributed by atoms with Gasteiger partial charge >= 0.3 is 0 Å². The first kappa shape index (κ1) is 11.3. The number of anilines is 2. The Morgan fingerprint density at radius 2 is 2.24 bits per heavy atom. The lowest BCUT2D eigenvalue weighted by Crippen LogP contribution is -2.10. The lowest BCUT2D eigenvalue weighted by molar-refractivity contribution is 0.787. The van der Waals surface area contributed by atoms with E-state index in [9.17, 15) is 0 Å². The summed E-state index contributed by atoms with van der Waals surface area (Å²) in [5, 5.41) is 11.0. The minimum atomic E-state index is 0.471. The van der Waals surface area contributed by atoms with Crippen molar-refractivity contribution in [2.75, 3.05) is 17.6 Å². The zero-order valence-electron chi connectivity index (χ0n) is 9.88. The first-order valence-corrected chi connectivity index (χ1v) is 5.33. The second-order valence-electron chi connectivity index (χ2n) is 3.76. The van der Waals surface area contributed by atoms with Crippen molar-refractivity contribution >= 4 is 11.6 Å². The molecule has 0 aliphatic heterocycles. The molecular formula is C10H15N7. The SMILES string of the molecule is Cc1nc(N)cc(NCCc2nncn2C)n1. The molecule has 2 rings (SSSR count). The number of nitrogens with one attached hydrogen (secondary N) is 1. The van der Waals surface area contributed by atoms with Gasteiger partial charge in [0.2, 0.25) is 0 Å². The number of aryl methyl sites for hydroxylation is 2. The molecule has 0 spiro atoms. The Bertz CT molecular complexity index is 485. The van der Waals surface area contributed by atoms with Crippen LogP contribution >= 0.6 is 0 Å². The molecule has 0 bridgehead atoms. The number of rotatable bonds is 4. The van der Waals surface area contributed by atoms with E-state index in [4.69, 9.17) is 5.73 Å². The van der Waals surface area contributed by atoms with Crippen molar-refractivity contribution < 1.29 is 0 Å². The van der Waals surface area contributed by atoms with Crippen LogP contribution in [0.15, 0.2) is 12.4 Å². The molecule has 17 heavy (non-hydrogen) atoms. The largest absolute Gasteiger partial charge is 0.384 e. The van der Waals surface area contributed by atoms with Crippen LogP contribution in [0.1, 0.15) is 11.6 Å². The number of hydrogen-bond donors (Lipinski definition) is 2. The molecule has 0 aliphatic carbocycles. The molecule has 2 aromatic rings. The third kappa shape index (κ3) is 2.90. The Morgan fingerprint density at radius 3 is 2.88 bits per heavy atom. The zero-order chi connectivity index (χ0) is 12.3. The summed E-state index contributed by atoms with van der Waals surface area (Å²) in [7, 11) is 1.92. The highest BCUT2D eigenvalue weighted by atomic mass is 15.2. The lowest BCUT2D eigenvalue weighted by Gasteiger charge is -2.06. The maximum absolute atomic E-state index is 5.63. The molecule has 0 fully saturated rings. The number of nitrogens with two attached hydrogens (primary N) is 1. The Kier molecular flexibility index (Phi) is 3.17. The second-order valence-corrected chi connectivity index (χ2v) is 3.76. The topological polar surface area (TPSA) is 94.5 Å². The van der Waals surface area contributed by atoms with Gasteiger partial charge in [-0.15, -0.1) is 10.2 Å². The van der Waals surface area contributed by atoms with Crippen LogP contribution in [0.3, 0.4) is 0 Å². The molecule has 7 heteroatoms. The van der Waals surface area contributed by atoms with Crippen LogP contribution in [0.25, 0.3) is 0 Å². The average molecular weight is 233 g/mol. The smallest absolute Gasteiger partial charge is 0.134 e. The summed E-state index contributed by atoms with van der Waals surface area (Å²) >= 11 is 0. The van der Waals surface area contributed by atoms with E-state index in [1.165, 1.54) is 0 Å². The third-order valence-electron chi connectivity index (χ3n) is 2.32. The van der Waals surface area contributed by atoms with Gasteiger partial charge in [0.1, 0.15) is 29.6 Å². The van der Waals surface area contributed by atoms with E-state index in [0.717, 1.165) is 24.6 Å². The van der Waals surface area contributed by atoms with Crippen molar-refractivity contribution in [3.05, 3.63) is 24.0 Å². The van der Waals surface area contributed by atoms with Gasteiger partial charge in [-0.3, -0.25) is 0 Å². The van der Waals surface area contributed by atoms with Gasteiger partial charge in [0.15, 0.2) is 0 Å². The minimum Gasteiger partial charge on any atom is -0.384 e. The lowest BCUT2D eigenvalue weighted by atomic mass is 10.4. The van der Waals surface area contributed by atoms with Gasteiger partial charge in [-0.2, -0.15) is 0 Å². The summed E-state index contributed by atoms with van der Waals surface area (Å²) in [4.78, 5) is 8.24. The molecule has 2 aromatic heterocycles. The first-order chi connectivity index (χ1) is 8.15. The molecule has 0 amide bonds. The highest BCUT2D eigenvalue weighted by molar-refractivity contribution is 5.44. The predicted molar refractivity (Wildman–Crippen MR) is 64.4 cm³/mol. The summed E-state index contributed by atoms with van der Waals surface area (Å²) in [5.41, 5.74) is 5.63. The van der Waals surface area contributed by atoms with E-state index < -0.39 is 0 Å². The van der Waals surface area contributed by atoms with Crippen LogP contribution in [0.4, 0.5) is 11.6 Å². The van der Waals surface area contributed by atoms with E-state index in [1.807, 2.05) is 18.5 Å². The fraction of sp³-hybridized carbons (Fsp3) is 0.400. The molecule has 0 aromatic carbocycles. The Balaban J connectivity index is 1.92. The van der Waals surface area contributed by atoms with E-state index in [0.29, 0.717) is 11.6 Å². The molecule has 0 saturated carbocycles. The summed E-state index contributed by atoms with van der Waals surface area (Å²) in [6.45, 7) is 2.53. The monoisotopic (exact) mass is 233 g/mol. The van der Waals surface area contributed by atoms with Crippen molar-refractivity contribution in [1.29, 1.82) is 0 Å². The zero-order valence-corrected chi connectivity index (χ0v) is 9.88. The molecule has 0 aliphatic rings. The fourth-order valence-corrected chi connectivity index (χ4v) is 1.52. The van der Waals surface area contributed by atoms with Crippen molar-refractivity contribution in [2.45, 2.75) is 13.3 Å². The van der Waals surface area contributed by atoms with Crippen LogP contribution in [-0.4, -0.2) is 31.3 Å². The Labute approximate surface area is 99.1 Å². The molecule has 0 atom stereocenters. The van der Waals surface area contributed by atoms with Gasteiger partial charge in [0.05, 0.1) is 0 Å². The van der Waals surface area contributed by atoms with Gasteiger partial charge in [0.25, 0.3) is 0 Å². The highest BCUT2D eigenvalue weighted by Gasteiger charge is 2.02. The van der Waals surface area contributed by atoms with Crippen LogP contribution < -0.4 is 11.1 Å². The van der Waals surface area contributed by atoms with Crippen molar-refractivity contribution in [2.24, 2.45) is 7.05 Å². The Hall–Kier alpha value is -2.18.